The van der Waals surface area contributed by atoms with E-state index in [4.69, 9.17) is 0 Å². The summed E-state index contributed by atoms with van der Waals surface area (Å²) in [5.41, 5.74) is 0.359. The Balaban J connectivity index is 2.25. The molecule has 2 heterocycles. The Bertz CT molecular complexity index is 489. The van der Waals surface area contributed by atoms with Gasteiger partial charge in [0.15, 0.2) is 0 Å². The second-order valence-electron chi connectivity index (χ2n) is 4.39. The Hall–Kier alpha value is -1.08. The highest BCUT2D eigenvalue weighted by Crippen LogP contribution is 2.33. The molecule has 104 valence electrons. The Morgan fingerprint density at radius 1 is 1.58 bits per heavy atom. The van der Waals surface area contributed by atoms with E-state index in [1.807, 2.05) is 13.8 Å². The maximum absolute atomic E-state index is 12.5. The van der Waals surface area contributed by atoms with Crippen LogP contribution in [0.4, 0.5) is 0 Å². The van der Waals surface area contributed by atoms with Gasteiger partial charge in [-0.1, -0.05) is 13.3 Å². The van der Waals surface area contributed by atoms with Crippen molar-refractivity contribution in [3.8, 4) is 0 Å². The molecule has 0 bridgehead atoms. The summed E-state index contributed by atoms with van der Waals surface area (Å²) in [6.45, 7) is 3.86. The van der Waals surface area contributed by atoms with E-state index in [1.54, 1.807) is 17.1 Å². The topological polar surface area (TPSA) is 70.5 Å². The summed E-state index contributed by atoms with van der Waals surface area (Å²) in [6.07, 6.45) is 1.73. The number of carbonyl (C=O) groups excluding carboxylic acids is 1. The molecule has 2 atom stereocenters. The third kappa shape index (κ3) is 2.92. The van der Waals surface area contributed by atoms with Crippen molar-refractivity contribution < 1.29 is 14.7 Å². The first-order valence-electron chi connectivity index (χ1n) is 6.13. The number of aliphatic carboxylic acids is 1. The molecule has 1 fully saturated rings. The fourth-order valence-electron chi connectivity index (χ4n) is 2.09. The van der Waals surface area contributed by atoms with E-state index < -0.39 is 12.0 Å². The van der Waals surface area contributed by atoms with Crippen molar-refractivity contribution in [1.29, 1.82) is 0 Å². The third-order valence-corrected chi connectivity index (χ3v) is 5.12. The molecule has 5 nitrogen and oxygen atoms in total. The lowest BCUT2D eigenvalue weighted by Crippen LogP contribution is -2.45. The number of rotatable bonds is 4. The number of amides is 1. The van der Waals surface area contributed by atoms with Crippen molar-refractivity contribution >= 4 is 35.0 Å². The van der Waals surface area contributed by atoms with Crippen molar-refractivity contribution in [3.63, 3.8) is 0 Å². The zero-order valence-electron chi connectivity index (χ0n) is 10.8. The average molecular weight is 300 g/mol. The molecule has 0 aliphatic carbocycles. The second-order valence-corrected chi connectivity index (χ2v) is 6.67. The molecule has 19 heavy (non-hydrogen) atoms. The highest BCUT2D eigenvalue weighted by Gasteiger charge is 2.41. The quantitative estimate of drug-likeness (QED) is 0.923. The highest BCUT2D eigenvalue weighted by atomic mass is 32.2. The fraction of sp³-hybridized carbons (Fsp3) is 0.583. The van der Waals surface area contributed by atoms with Gasteiger partial charge in [0.2, 0.25) is 0 Å². The number of carbonyl (C=O) groups is 2. The zero-order valence-corrected chi connectivity index (χ0v) is 12.5. The summed E-state index contributed by atoms with van der Waals surface area (Å²) in [4.78, 5) is 29.4. The molecule has 1 aromatic rings. The highest BCUT2D eigenvalue weighted by molar-refractivity contribution is 8.00. The molecule has 1 aliphatic rings. The first kappa shape index (κ1) is 14.3. The molecule has 1 aliphatic heterocycles. The molecule has 1 saturated heterocycles. The van der Waals surface area contributed by atoms with Crippen LogP contribution >= 0.6 is 23.1 Å². The van der Waals surface area contributed by atoms with Crippen LogP contribution in [0.2, 0.25) is 0 Å². The van der Waals surface area contributed by atoms with Crippen LogP contribution < -0.4 is 0 Å². The van der Waals surface area contributed by atoms with Gasteiger partial charge in [-0.2, -0.15) is 0 Å². The predicted molar refractivity (Wildman–Crippen MR) is 75.6 cm³/mol. The molecule has 0 radical (unpaired) electrons. The third-order valence-electron chi connectivity index (χ3n) is 2.99. The summed E-state index contributed by atoms with van der Waals surface area (Å²) in [5, 5.41) is 11.7. The molecule has 1 aromatic heterocycles. The molecule has 1 amide bonds. The largest absolute Gasteiger partial charge is 0.480 e. The number of carboxylic acid groups (broad SMARTS) is 1. The van der Waals surface area contributed by atoms with Crippen LogP contribution in [-0.4, -0.2) is 44.0 Å². The van der Waals surface area contributed by atoms with Crippen molar-refractivity contribution in [1.82, 2.24) is 9.88 Å². The van der Waals surface area contributed by atoms with Gasteiger partial charge in [0, 0.05) is 11.1 Å². The second kappa shape index (κ2) is 5.92. The molecule has 7 heteroatoms. The summed E-state index contributed by atoms with van der Waals surface area (Å²) >= 11 is 2.94. The van der Waals surface area contributed by atoms with Crippen molar-refractivity contribution in [2.45, 2.75) is 38.1 Å². The van der Waals surface area contributed by atoms with Gasteiger partial charge in [-0.25, -0.2) is 9.78 Å². The zero-order chi connectivity index (χ0) is 14.0. The number of thiazole rings is 1. The van der Waals surface area contributed by atoms with Gasteiger partial charge < -0.3 is 10.0 Å². The first-order chi connectivity index (χ1) is 9.04. The van der Waals surface area contributed by atoms with Gasteiger partial charge in [-0.05, 0) is 13.3 Å². The first-order valence-corrected chi connectivity index (χ1v) is 8.06. The van der Waals surface area contributed by atoms with E-state index in [1.165, 1.54) is 16.2 Å². The number of hydrogen-bond acceptors (Lipinski definition) is 5. The van der Waals surface area contributed by atoms with Crippen LogP contribution in [0.25, 0.3) is 0 Å². The predicted octanol–water partition coefficient (Wildman–Crippen LogP) is 2.22. The number of carboxylic acids is 1. The molecule has 0 spiro atoms. The number of nitrogens with zero attached hydrogens (tertiary/aromatic N) is 2. The smallest absolute Gasteiger partial charge is 0.327 e. The van der Waals surface area contributed by atoms with Crippen molar-refractivity contribution in [2.24, 2.45) is 0 Å². The van der Waals surface area contributed by atoms with Gasteiger partial charge in [-0.15, -0.1) is 23.1 Å². The van der Waals surface area contributed by atoms with Crippen LogP contribution in [0, 0.1) is 6.92 Å². The average Bonchev–Trinajstić information content (AvgIpc) is 2.95. The van der Waals surface area contributed by atoms with Crippen LogP contribution in [0.15, 0.2) is 5.38 Å². The SMILES string of the molecule is CCCC1SCC(C(=O)O)N1C(=O)c1csc(C)n1. The lowest BCUT2D eigenvalue weighted by Gasteiger charge is -2.26. The van der Waals surface area contributed by atoms with Gasteiger partial charge in [-0.3, -0.25) is 4.79 Å². The van der Waals surface area contributed by atoms with E-state index in [0.717, 1.165) is 17.8 Å². The van der Waals surface area contributed by atoms with Crippen LogP contribution in [0.3, 0.4) is 0 Å². The molecule has 0 saturated carbocycles. The minimum Gasteiger partial charge on any atom is -0.480 e. The molecule has 1 N–H and O–H groups in total. The fourth-order valence-corrected chi connectivity index (χ4v) is 4.19. The Kier molecular flexibility index (Phi) is 4.46. The lowest BCUT2D eigenvalue weighted by molar-refractivity contribution is -0.141. The van der Waals surface area contributed by atoms with Gasteiger partial charge in [0.05, 0.1) is 10.4 Å². The van der Waals surface area contributed by atoms with Gasteiger partial charge >= 0.3 is 5.97 Å². The lowest BCUT2D eigenvalue weighted by atomic mass is 10.2. The number of aromatic nitrogens is 1. The molecular weight excluding hydrogens is 284 g/mol. The summed E-state index contributed by atoms with van der Waals surface area (Å²) in [5.74, 6) is -0.749. The van der Waals surface area contributed by atoms with Crippen LogP contribution in [0.5, 0.6) is 0 Å². The summed E-state index contributed by atoms with van der Waals surface area (Å²) in [6, 6.07) is -0.740. The van der Waals surface area contributed by atoms with E-state index in [9.17, 15) is 14.7 Å². The Morgan fingerprint density at radius 3 is 2.84 bits per heavy atom. The minimum absolute atomic E-state index is 0.0550. The minimum atomic E-state index is -0.939. The number of thioether (sulfide) groups is 1. The van der Waals surface area contributed by atoms with Crippen LogP contribution in [0.1, 0.15) is 35.3 Å². The van der Waals surface area contributed by atoms with E-state index in [2.05, 4.69) is 4.98 Å². The monoisotopic (exact) mass is 300 g/mol. The molecule has 2 unspecified atom stereocenters. The molecule has 2 rings (SSSR count). The number of aryl methyl sites for hydroxylation is 1. The molecule has 0 aromatic carbocycles. The van der Waals surface area contributed by atoms with Crippen LogP contribution in [-0.2, 0) is 4.79 Å². The molecular formula is C12H16N2O3S2. The van der Waals surface area contributed by atoms with Crippen molar-refractivity contribution in [2.75, 3.05) is 5.75 Å². The van der Waals surface area contributed by atoms with Crippen molar-refractivity contribution in [3.05, 3.63) is 16.1 Å². The summed E-state index contributed by atoms with van der Waals surface area (Å²) in [7, 11) is 0. The summed E-state index contributed by atoms with van der Waals surface area (Å²) < 4.78 is 0. The van der Waals surface area contributed by atoms with E-state index >= 15 is 0 Å². The standard InChI is InChI=1S/C12H16N2O3S2/c1-3-4-10-14(9(6-19-10)12(16)17)11(15)8-5-18-7(2)13-8/h5,9-10H,3-4,6H2,1-2H3,(H,16,17). The number of hydrogen-bond donors (Lipinski definition) is 1. The van der Waals surface area contributed by atoms with Gasteiger partial charge in [0.25, 0.3) is 5.91 Å². The Labute approximate surface area is 120 Å². The van der Waals surface area contributed by atoms with Gasteiger partial charge in [0.1, 0.15) is 11.7 Å². The maximum Gasteiger partial charge on any atom is 0.327 e. The Morgan fingerprint density at radius 2 is 2.32 bits per heavy atom. The van der Waals surface area contributed by atoms with E-state index in [-0.39, 0.29) is 11.3 Å². The maximum atomic E-state index is 12.5. The normalized spacial score (nSPS) is 22.7. The van der Waals surface area contributed by atoms with E-state index in [0.29, 0.717) is 11.4 Å².